The van der Waals surface area contributed by atoms with Gasteiger partial charge in [-0.3, -0.25) is 4.68 Å². The quantitative estimate of drug-likeness (QED) is 0.783. The molecule has 1 atom stereocenters. The Morgan fingerprint density at radius 3 is 2.56 bits per heavy atom. The fourth-order valence-corrected chi connectivity index (χ4v) is 3.46. The molecule has 0 saturated carbocycles. The highest BCUT2D eigenvalue weighted by atomic mass is 16.4. The Hall–Kier alpha value is -2.83. The first-order valence-corrected chi connectivity index (χ1v) is 9.41. The molecule has 0 bridgehead atoms. The highest BCUT2D eigenvalue weighted by molar-refractivity contribution is 5.82. The van der Waals surface area contributed by atoms with Crippen LogP contribution in [0.4, 0.5) is 4.79 Å². The first-order valence-electron chi connectivity index (χ1n) is 9.41. The molecule has 1 aliphatic heterocycles. The minimum absolute atomic E-state index is 0.280. The van der Waals surface area contributed by atoms with Crippen LogP contribution in [-0.2, 0) is 17.8 Å². The molecule has 1 fully saturated rings. The zero-order valence-corrected chi connectivity index (χ0v) is 15.3. The van der Waals surface area contributed by atoms with Crippen LogP contribution in [0, 0.1) is 5.92 Å². The van der Waals surface area contributed by atoms with Crippen molar-refractivity contribution in [2.45, 2.75) is 38.3 Å². The number of piperidine rings is 1. The van der Waals surface area contributed by atoms with Crippen molar-refractivity contribution in [3.63, 3.8) is 0 Å². The molecule has 1 aromatic heterocycles. The van der Waals surface area contributed by atoms with Crippen molar-refractivity contribution in [3.8, 4) is 0 Å². The molecule has 0 radical (unpaired) electrons. The summed E-state index contributed by atoms with van der Waals surface area (Å²) in [6.07, 6.45) is 6.93. The van der Waals surface area contributed by atoms with E-state index in [0.29, 0.717) is 19.0 Å². The first-order chi connectivity index (χ1) is 13.1. The monoisotopic (exact) mass is 370 g/mol. The second kappa shape index (κ2) is 9.21. The van der Waals surface area contributed by atoms with E-state index in [-0.39, 0.29) is 12.5 Å². The lowest BCUT2D eigenvalue weighted by Crippen LogP contribution is -2.51. The number of carboxylic acids is 1. The van der Waals surface area contributed by atoms with Gasteiger partial charge in [0.25, 0.3) is 0 Å². The molecule has 0 unspecified atom stereocenters. The third-order valence-corrected chi connectivity index (χ3v) is 5.11. The Morgan fingerprint density at radius 2 is 1.93 bits per heavy atom. The van der Waals surface area contributed by atoms with Crippen LogP contribution in [0.1, 0.15) is 24.8 Å². The van der Waals surface area contributed by atoms with Gasteiger partial charge in [0, 0.05) is 38.4 Å². The summed E-state index contributed by atoms with van der Waals surface area (Å²) >= 11 is 0. The molecule has 2 amide bonds. The van der Waals surface area contributed by atoms with Crippen molar-refractivity contribution >= 4 is 12.0 Å². The Balaban J connectivity index is 1.45. The molecular weight excluding hydrogens is 344 g/mol. The van der Waals surface area contributed by atoms with E-state index in [2.05, 4.69) is 10.4 Å². The molecule has 3 rings (SSSR count). The Morgan fingerprint density at radius 1 is 1.19 bits per heavy atom. The van der Waals surface area contributed by atoms with Crippen LogP contribution < -0.4 is 5.32 Å². The van der Waals surface area contributed by atoms with Crippen molar-refractivity contribution in [1.29, 1.82) is 0 Å². The lowest BCUT2D eigenvalue weighted by molar-refractivity contribution is -0.139. The minimum atomic E-state index is -1.01. The molecule has 27 heavy (non-hydrogen) atoms. The number of likely N-dealkylation sites (tertiary alicyclic amines) is 1. The number of nitrogens with zero attached hydrogens (tertiary/aromatic N) is 3. The van der Waals surface area contributed by atoms with Gasteiger partial charge in [0.2, 0.25) is 0 Å². The van der Waals surface area contributed by atoms with Crippen LogP contribution in [0.15, 0.2) is 48.8 Å². The number of rotatable bonds is 7. The number of carbonyl (C=O) groups excluding carboxylic acids is 1. The summed E-state index contributed by atoms with van der Waals surface area (Å²) in [5, 5.41) is 16.3. The third kappa shape index (κ3) is 5.57. The lowest BCUT2D eigenvalue weighted by Gasteiger charge is -2.32. The molecule has 2 N–H and O–H groups in total. The van der Waals surface area contributed by atoms with Crippen molar-refractivity contribution in [2.24, 2.45) is 5.92 Å². The van der Waals surface area contributed by atoms with Gasteiger partial charge in [-0.15, -0.1) is 0 Å². The minimum Gasteiger partial charge on any atom is -0.480 e. The van der Waals surface area contributed by atoms with Crippen LogP contribution in [0.25, 0.3) is 0 Å². The van der Waals surface area contributed by atoms with E-state index < -0.39 is 12.0 Å². The lowest BCUT2D eigenvalue weighted by atomic mass is 9.94. The van der Waals surface area contributed by atoms with Gasteiger partial charge in [-0.2, -0.15) is 5.10 Å². The molecular formula is C20H26N4O3. The SMILES string of the molecule is O=C(O)[C@@H](Cc1ccccc1)NC(=O)N1CCC(CCn2cccn2)CC1. The van der Waals surface area contributed by atoms with Gasteiger partial charge in [-0.25, -0.2) is 9.59 Å². The fraction of sp³-hybridized carbons (Fsp3) is 0.450. The maximum Gasteiger partial charge on any atom is 0.326 e. The van der Waals surface area contributed by atoms with Crippen molar-refractivity contribution in [3.05, 3.63) is 54.4 Å². The molecule has 2 heterocycles. The average molecular weight is 370 g/mol. The summed E-state index contributed by atoms with van der Waals surface area (Å²) in [5.41, 5.74) is 0.891. The van der Waals surface area contributed by atoms with Gasteiger partial charge in [0.05, 0.1) is 0 Å². The largest absolute Gasteiger partial charge is 0.480 e. The number of aliphatic carboxylic acids is 1. The Bertz CT molecular complexity index is 725. The molecule has 1 aromatic carbocycles. The number of urea groups is 1. The maximum atomic E-state index is 12.5. The van der Waals surface area contributed by atoms with Crippen molar-refractivity contribution < 1.29 is 14.7 Å². The van der Waals surface area contributed by atoms with E-state index in [1.807, 2.05) is 47.3 Å². The van der Waals surface area contributed by atoms with E-state index in [4.69, 9.17) is 0 Å². The average Bonchev–Trinajstić information content (AvgIpc) is 3.20. The van der Waals surface area contributed by atoms with Crippen LogP contribution >= 0.6 is 0 Å². The highest BCUT2D eigenvalue weighted by Crippen LogP contribution is 2.21. The van der Waals surface area contributed by atoms with E-state index in [0.717, 1.165) is 31.4 Å². The molecule has 7 nitrogen and oxygen atoms in total. The standard InChI is InChI=1S/C20H26N4O3/c25-19(26)18(15-17-5-2-1-3-6-17)22-20(27)23-12-7-16(8-13-23)9-14-24-11-4-10-21-24/h1-6,10-11,16,18H,7-9,12-15H2,(H,22,27)(H,25,26)/t18-/m1/s1. The zero-order chi connectivity index (χ0) is 19.1. The number of aryl methyl sites for hydroxylation is 1. The summed E-state index contributed by atoms with van der Waals surface area (Å²) in [4.78, 5) is 25.7. The topological polar surface area (TPSA) is 87.5 Å². The molecule has 0 aliphatic carbocycles. The van der Waals surface area contributed by atoms with Gasteiger partial charge in [-0.1, -0.05) is 30.3 Å². The molecule has 1 saturated heterocycles. The predicted molar refractivity (Wildman–Crippen MR) is 101 cm³/mol. The summed E-state index contributed by atoms with van der Waals surface area (Å²) < 4.78 is 1.93. The summed E-state index contributed by atoms with van der Waals surface area (Å²) in [7, 11) is 0. The molecule has 7 heteroatoms. The van der Waals surface area contributed by atoms with E-state index >= 15 is 0 Å². The van der Waals surface area contributed by atoms with E-state index in [1.165, 1.54) is 0 Å². The predicted octanol–water partition coefficient (Wildman–Crippen LogP) is 2.39. The fourth-order valence-electron chi connectivity index (χ4n) is 3.46. The molecule has 144 valence electrons. The number of carboxylic acid groups (broad SMARTS) is 1. The number of carbonyl (C=O) groups is 2. The van der Waals surface area contributed by atoms with Gasteiger partial charge in [-0.05, 0) is 36.8 Å². The number of hydrogen-bond donors (Lipinski definition) is 2. The second-order valence-corrected chi connectivity index (χ2v) is 7.02. The highest BCUT2D eigenvalue weighted by Gasteiger charge is 2.26. The van der Waals surface area contributed by atoms with Crippen LogP contribution in [0.3, 0.4) is 0 Å². The normalized spacial score (nSPS) is 16.1. The summed E-state index contributed by atoms with van der Waals surface area (Å²) in [5.74, 6) is -0.445. The third-order valence-electron chi connectivity index (χ3n) is 5.11. The molecule has 0 spiro atoms. The van der Waals surface area contributed by atoms with Crippen molar-refractivity contribution in [2.75, 3.05) is 13.1 Å². The van der Waals surface area contributed by atoms with Crippen LogP contribution in [-0.4, -0.2) is 50.9 Å². The number of amides is 2. The zero-order valence-electron chi connectivity index (χ0n) is 15.3. The summed E-state index contributed by atoms with van der Waals surface area (Å²) in [6.45, 7) is 2.21. The van der Waals surface area contributed by atoms with Gasteiger partial charge >= 0.3 is 12.0 Å². The number of hydrogen-bond acceptors (Lipinski definition) is 3. The number of aromatic nitrogens is 2. The molecule has 2 aromatic rings. The Kier molecular flexibility index (Phi) is 6.46. The van der Waals surface area contributed by atoms with Crippen LogP contribution in [0.2, 0.25) is 0 Å². The van der Waals surface area contributed by atoms with Gasteiger partial charge in [0.15, 0.2) is 0 Å². The number of nitrogens with one attached hydrogen (secondary N) is 1. The smallest absolute Gasteiger partial charge is 0.326 e. The summed E-state index contributed by atoms with van der Waals surface area (Å²) in [6, 6.07) is 10.1. The molecule has 1 aliphatic rings. The number of benzene rings is 1. The van der Waals surface area contributed by atoms with Crippen molar-refractivity contribution in [1.82, 2.24) is 20.0 Å². The maximum absolute atomic E-state index is 12.5. The van der Waals surface area contributed by atoms with E-state index in [1.54, 1.807) is 11.1 Å². The van der Waals surface area contributed by atoms with Gasteiger partial charge < -0.3 is 15.3 Å². The second-order valence-electron chi connectivity index (χ2n) is 7.02. The van der Waals surface area contributed by atoms with E-state index in [9.17, 15) is 14.7 Å². The Labute approximate surface area is 159 Å². The van der Waals surface area contributed by atoms with Gasteiger partial charge in [0.1, 0.15) is 6.04 Å². The van der Waals surface area contributed by atoms with Crippen LogP contribution in [0.5, 0.6) is 0 Å². The first kappa shape index (κ1) is 18.9.